The number of hydrogen-bond donors (Lipinski definition) is 1. The van der Waals surface area contributed by atoms with Gasteiger partial charge in [0, 0.05) is 37.1 Å². The maximum atomic E-state index is 5.70. The van der Waals surface area contributed by atoms with Crippen LogP contribution in [0.15, 0.2) is 18.5 Å². The van der Waals surface area contributed by atoms with Gasteiger partial charge in [-0.3, -0.25) is 0 Å². The first-order valence-electron chi connectivity index (χ1n) is 6.03. The van der Waals surface area contributed by atoms with E-state index in [1.54, 1.807) is 0 Å². The molecular formula is C12H16N4O. The maximum Gasteiger partial charge on any atom is 0.155 e. The second-order valence-electron chi connectivity index (χ2n) is 4.24. The molecule has 1 unspecified atom stereocenters. The Morgan fingerprint density at radius 1 is 1.59 bits per heavy atom. The standard InChI is InChI=1S/C12H16N4O/c1-2-10-5-12-14-6-9(8-16(12)15-10)11-7-13-3-4-17-11/h5-6,8,11,13H,2-4,7H2,1H3. The molecule has 1 fully saturated rings. The number of hydrogen-bond acceptors (Lipinski definition) is 4. The summed E-state index contributed by atoms with van der Waals surface area (Å²) in [5, 5.41) is 7.78. The van der Waals surface area contributed by atoms with E-state index >= 15 is 0 Å². The van der Waals surface area contributed by atoms with Crippen LogP contribution < -0.4 is 5.32 Å². The van der Waals surface area contributed by atoms with Crippen LogP contribution >= 0.6 is 0 Å². The Balaban J connectivity index is 1.94. The third kappa shape index (κ3) is 2.03. The van der Waals surface area contributed by atoms with Gasteiger partial charge in [-0.25, -0.2) is 9.50 Å². The fraction of sp³-hybridized carbons (Fsp3) is 0.500. The molecule has 0 bridgehead atoms. The van der Waals surface area contributed by atoms with Crippen molar-refractivity contribution in [3.8, 4) is 0 Å². The summed E-state index contributed by atoms with van der Waals surface area (Å²) in [7, 11) is 0. The van der Waals surface area contributed by atoms with E-state index in [0.717, 1.165) is 43.0 Å². The van der Waals surface area contributed by atoms with Crippen LogP contribution in [-0.4, -0.2) is 34.3 Å². The molecule has 1 atom stereocenters. The fourth-order valence-electron chi connectivity index (χ4n) is 2.06. The highest BCUT2D eigenvalue weighted by molar-refractivity contribution is 5.39. The number of nitrogens with zero attached hydrogens (tertiary/aromatic N) is 3. The molecular weight excluding hydrogens is 216 g/mol. The summed E-state index contributed by atoms with van der Waals surface area (Å²) in [5.41, 5.74) is 3.04. The normalized spacial score (nSPS) is 20.9. The zero-order chi connectivity index (χ0) is 11.7. The molecule has 3 heterocycles. The minimum atomic E-state index is 0.0925. The van der Waals surface area contributed by atoms with Crippen LogP contribution in [0.2, 0.25) is 0 Å². The molecule has 2 aromatic rings. The average molecular weight is 232 g/mol. The lowest BCUT2D eigenvalue weighted by atomic mass is 10.2. The first kappa shape index (κ1) is 10.7. The Kier molecular flexibility index (Phi) is 2.78. The van der Waals surface area contributed by atoms with Crippen LogP contribution in [-0.2, 0) is 11.2 Å². The van der Waals surface area contributed by atoms with Crippen molar-refractivity contribution in [1.29, 1.82) is 0 Å². The molecule has 17 heavy (non-hydrogen) atoms. The van der Waals surface area contributed by atoms with E-state index in [4.69, 9.17) is 4.74 Å². The van der Waals surface area contributed by atoms with Crippen molar-refractivity contribution < 1.29 is 4.74 Å². The first-order valence-corrected chi connectivity index (χ1v) is 6.03. The zero-order valence-electron chi connectivity index (χ0n) is 9.89. The first-order chi connectivity index (χ1) is 8.36. The van der Waals surface area contributed by atoms with Crippen molar-refractivity contribution in [2.24, 2.45) is 0 Å². The predicted octanol–water partition coefficient (Wildman–Crippen LogP) is 0.953. The number of fused-ring (bicyclic) bond motifs is 1. The molecule has 0 amide bonds. The van der Waals surface area contributed by atoms with Gasteiger partial charge in [-0.15, -0.1) is 0 Å². The highest BCUT2D eigenvalue weighted by Crippen LogP contribution is 2.18. The van der Waals surface area contributed by atoms with Gasteiger partial charge >= 0.3 is 0 Å². The minimum absolute atomic E-state index is 0.0925. The lowest BCUT2D eigenvalue weighted by Crippen LogP contribution is -2.33. The Morgan fingerprint density at radius 2 is 2.53 bits per heavy atom. The van der Waals surface area contributed by atoms with Crippen LogP contribution in [0.1, 0.15) is 24.3 Å². The summed E-state index contributed by atoms with van der Waals surface area (Å²) >= 11 is 0. The van der Waals surface area contributed by atoms with E-state index in [2.05, 4.69) is 22.3 Å². The molecule has 5 nitrogen and oxygen atoms in total. The number of aryl methyl sites for hydroxylation is 1. The van der Waals surface area contributed by atoms with Crippen molar-refractivity contribution in [3.63, 3.8) is 0 Å². The van der Waals surface area contributed by atoms with Crippen molar-refractivity contribution in [3.05, 3.63) is 29.7 Å². The molecule has 0 radical (unpaired) electrons. The van der Waals surface area contributed by atoms with Crippen LogP contribution in [0.5, 0.6) is 0 Å². The monoisotopic (exact) mass is 232 g/mol. The summed E-state index contributed by atoms with van der Waals surface area (Å²) < 4.78 is 7.54. The number of aromatic nitrogens is 3. The summed E-state index contributed by atoms with van der Waals surface area (Å²) in [6, 6.07) is 2.02. The number of nitrogens with one attached hydrogen (secondary N) is 1. The van der Waals surface area contributed by atoms with Gasteiger partial charge in [-0.05, 0) is 6.42 Å². The van der Waals surface area contributed by atoms with Gasteiger partial charge in [0.25, 0.3) is 0 Å². The molecule has 0 saturated carbocycles. The summed E-state index contributed by atoms with van der Waals surface area (Å²) in [6.07, 6.45) is 4.92. The smallest absolute Gasteiger partial charge is 0.155 e. The molecule has 2 aromatic heterocycles. The van der Waals surface area contributed by atoms with Crippen molar-refractivity contribution in [1.82, 2.24) is 19.9 Å². The van der Waals surface area contributed by atoms with Gasteiger partial charge < -0.3 is 10.1 Å². The Labute approximate surface area is 99.8 Å². The van der Waals surface area contributed by atoms with E-state index in [0.29, 0.717) is 0 Å². The third-order valence-corrected chi connectivity index (χ3v) is 3.05. The molecule has 0 aliphatic carbocycles. The molecule has 1 N–H and O–H groups in total. The van der Waals surface area contributed by atoms with Crippen LogP contribution in [0, 0.1) is 0 Å². The number of morpholine rings is 1. The molecule has 1 saturated heterocycles. The van der Waals surface area contributed by atoms with E-state index in [1.807, 2.05) is 23.0 Å². The third-order valence-electron chi connectivity index (χ3n) is 3.05. The topological polar surface area (TPSA) is 51.5 Å². The average Bonchev–Trinajstić information content (AvgIpc) is 2.81. The highest BCUT2D eigenvalue weighted by Gasteiger charge is 2.16. The van der Waals surface area contributed by atoms with Gasteiger partial charge in [0.05, 0.1) is 18.4 Å². The molecule has 0 spiro atoms. The van der Waals surface area contributed by atoms with Gasteiger partial charge in [0.1, 0.15) is 0 Å². The minimum Gasteiger partial charge on any atom is -0.371 e. The van der Waals surface area contributed by atoms with Crippen LogP contribution in [0.4, 0.5) is 0 Å². The van der Waals surface area contributed by atoms with Gasteiger partial charge in [-0.1, -0.05) is 6.92 Å². The van der Waals surface area contributed by atoms with Crippen molar-refractivity contribution >= 4 is 5.65 Å². The summed E-state index contributed by atoms with van der Waals surface area (Å²) in [4.78, 5) is 4.42. The molecule has 1 aliphatic rings. The zero-order valence-corrected chi connectivity index (χ0v) is 9.89. The van der Waals surface area contributed by atoms with E-state index in [9.17, 15) is 0 Å². The van der Waals surface area contributed by atoms with E-state index in [-0.39, 0.29) is 6.10 Å². The summed E-state index contributed by atoms with van der Waals surface area (Å²) in [5.74, 6) is 0. The largest absolute Gasteiger partial charge is 0.371 e. The highest BCUT2D eigenvalue weighted by atomic mass is 16.5. The maximum absolute atomic E-state index is 5.70. The van der Waals surface area contributed by atoms with Gasteiger partial charge in [-0.2, -0.15) is 5.10 Å². The van der Waals surface area contributed by atoms with Crippen molar-refractivity contribution in [2.45, 2.75) is 19.4 Å². The Morgan fingerprint density at radius 3 is 3.29 bits per heavy atom. The Hall–Kier alpha value is -1.46. The molecule has 1 aliphatic heterocycles. The second-order valence-corrected chi connectivity index (χ2v) is 4.24. The van der Waals surface area contributed by atoms with E-state index < -0.39 is 0 Å². The molecule has 5 heteroatoms. The van der Waals surface area contributed by atoms with Gasteiger partial charge in [0.15, 0.2) is 5.65 Å². The lowest BCUT2D eigenvalue weighted by Gasteiger charge is -2.23. The SMILES string of the molecule is CCc1cc2ncc(C3CNCCO3)cn2n1. The Bertz CT molecular complexity index is 516. The lowest BCUT2D eigenvalue weighted by molar-refractivity contribution is 0.0272. The number of rotatable bonds is 2. The number of ether oxygens (including phenoxy) is 1. The molecule has 3 rings (SSSR count). The fourth-order valence-corrected chi connectivity index (χ4v) is 2.06. The van der Waals surface area contributed by atoms with Crippen LogP contribution in [0.25, 0.3) is 5.65 Å². The van der Waals surface area contributed by atoms with Crippen LogP contribution in [0.3, 0.4) is 0 Å². The molecule has 0 aromatic carbocycles. The quantitative estimate of drug-likeness (QED) is 0.837. The summed E-state index contributed by atoms with van der Waals surface area (Å²) in [6.45, 7) is 4.61. The van der Waals surface area contributed by atoms with Crippen molar-refractivity contribution in [2.75, 3.05) is 19.7 Å². The van der Waals surface area contributed by atoms with E-state index in [1.165, 1.54) is 0 Å². The second kappa shape index (κ2) is 4.43. The predicted molar refractivity (Wildman–Crippen MR) is 63.9 cm³/mol. The van der Waals surface area contributed by atoms with Gasteiger partial charge in [0.2, 0.25) is 0 Å². The molecule has 90 valence electrons.